The van der Waals surface area contributed by atoms with Gasteiger partial charge < -0.3 is 0 Å². The lowest BCUT2D eigenvalue weighted by molar-refractivity contribution is 0.526. The second-order valence-corrected chi connectivity index (χ2v) is 7.45. The first-order valence-electron chi connectivity index (χ1n) is 11.1. The summed E-state index contributed by atoms with van der Waals surface area (Å²) in [6.07, 6.45) is 33.6. The van der Waals surface area contributed by atoms with Gasteiger partial charge in [0.1, 0.15) is 0 Å². The first-order chi connectivity index (χ1) is 11.9. The van der Waals surface area contributed by atoms with Gasteiger partial charge in [-0.3, -0.25) is 0 Å². The molecule has 0 bridgehead atoms. The molecule has 0 aromatic heterocycles. The highest BCUT2D eigenvalue weighted by Crippen LogP contribution is 2.14. The molecule has 24 heavy (non-hydrogen) atoms. The molecule has 0 amide bonds. The van der Waals surface area contributed by atoms with E-state index in [9.17, 15) is 0 Å². The summed E-state index contributed by atoms with van der Waals surface area (Å²) in [7, 11) is 0. The Morgan fingerprint density at radius 2 is 0.750 bits per heavy atom. The third kappa shape index (κ3) is 21.5. The molecule has 0 heterocycles. The molecule has 0 saturated heterocycles. The van der Waals surface area contributed by atoms with Crippen LogP contribution in [0.2, 0.25) is 0 Å². The lowest BCUT2D eigenvalue weighted by Crippen LogP contribution is -1.84. The van der Waals surface area contributed by atoms with Crippen LogP contribution in [0.3, 0.4) is 0 Å². The predicted molar refractivity (Wildman–Crippen MR) is 113 cm³/mol. The third-order valence-electron chi connectivity index (χ3n) is 5.01. The molecule has 0 radical (unpaired) electrons. The van der Waals surface area contributed by atoms with Crippen LogP contribution in [-0.4, -0.2) is 0 Å². The molecule has 142 valence electrons. The maximum atomic E-state index is 3.78. The van der Waals surface area contributed by atoms with Gasteiger partial charge in [-0.05, 0) is 32.6 Å². The molecule has 0 aromatic rings. The van der Waals surface area contributed by atoms with Crippen LogP contribution in [0.15, 0.2) is 24.8 Å². The van der Waals surface area contributed by atoms with E-state index in [4.69, 9.17) is 0 Å². The average Bonchev–Trinajstić information content (AvgIpc) is 2.60. The first-order valence-corrected chi connectivity index (χ1v) is 11.1. The van der Waals surface area contributed by atoms with Crippen molar-refractivity contribution in [2.45, 2.75) is 129 Å². The summed E-state index contributed by atoms with van der Waals surface area (Å²) in [5.41, 5.74) is 0. The van der Waals surface area contributed by atoms with Crippen LogP contribution in [-0.2, 0) is 0 Å². The number of unbranched alkanes of at least 4 members (excludes halogenated alkanes) is 18. The Balaban J connectivity index is 2.96. The van der Waals surface area contributed by atoms with Crippen molar-refractivity contribution in [3.05, 3.63) is 24.8 Å². The van der Waals surface area contributed by atoms with Gasteiger partial charge in [-0.15, -0.1) is 6.58 Å². The third-order valence-corrected chi connectivity index (χ3v) is 5.01. The van der Waals surface area contributed by atoms with E-state index < -0.39 is 0 Å². The Labute approximate surface area is 154 Å². The van der Waals surface area contributed by atoms with E-state index in [0.29, 0.717) is 0 Å². The van der Waals surface area contributed by atoms with Crippen molar-refractivity contribution in [2.75, 3.05) is 0 Å². The second-order valence-electron chi connectivity index (χ2n) is 7.45. The molecule has 0 rings (SSSR count). The highest BCUT2D eigenvalue weighted by atomic mass is 14.0. The van der Waals surface area contributed by atoms with Crippen molar-refractivity contribution >= 4 is 0 Å². The molecule has 0 atom stereocenters. The Hall–Kier alpha value is -0.520. The topological polar surface area (TPSA) is 0 Å². The molecule has 0 aliphatic heterocycles. The van der Waals surface area contributed by atoms with Gasteiger partial charge in [0.25, 0.3) is 0 Å². The zero-order valence-electron chi connectivity index (χ0n) is 16.9. The summed E-state index contributed by atoms with van der Waals surface area (Å²) in [5.74, 6) is 0. The standard InChI is InChI=1S/C24H46/c1-3-5-7-9-11-13-15-17-19-21-23-24-22-20-18-16-14-12-10-8-6-4-2/h3-4,6H,1,5,7-24H2,2H3. The van der Waals surface area contributed by atoms with Gasteiger partial charge in [0.05, 0.1) is 0 Å². The minimum atomic E-state index is 1.20. The maximum absolute atomic E-state index is 3.78. The van der Waals surface area contributed by atoms with Crippen LogP contribution >= 0.6 is 0 Å². The summed E-state index contributed by atoms with van der Waals surface area (Å²) < 4.78 is 0. The van der Waals surface area contributed by atoms with E-state index in [1.165, 1.54) is 122 Å². The molecule has 0 aromatic carbocycles. The molecule has 0 N–H and O–H groups in total. The van der Waals surface area contributed by atoms with Crippen LogP contribution in [0.5, 0.6) is 0 Å². The van der Waals surface area contributed by atoms with Crippen LogP contribution < -0.4 is 0 Å². The number of allylic oxidation sites excluding steroid dienone is 3. The molecule has 0 aliphatic rings. The van der Waals surface area contributed by atoms with Crippen molar-refractivity contribution in [3.63, 3.8) is 0 Å². The molecule has 0 nitrogen and oxygen atoms in total. The zero-order valence-corrected chi connectivity index (χ0v) is 16.9. The normalized spacial score (nSPS) is 11.4. The van der Waals surface area contributed by atoms with Gasteiger partial charge in [0, 0.05) is 0 Å². The maximum Gasteiger partial charge on any atom is -0.0351 e. The number of hydrogen-bond acceptors (Lipinski definition) is 0. The van der Waals surface area contributed by atoms with Gasteiger partial charge in [-0.2, -0.15) is 0 Å². The van der Waals surface area contributed by atoms with Crippen molar-refractivity contribution in [2.24, 2.45) is 0 Å². The molecule has 0 fully saturated rings. The Bertz CT molecular complexity index is 251. The second kappa shape index (κ2) is 22.5. The van der Waals surface area contributed by atoms with Crippen molar-refractivity contribution in [1.29, 1.82) is 0 Å². The fraction of sp³-hybridized carbons (Fsp3) is 0.833. The van der Waals surface area contributed by atoms with E-state index in [0.717, 1.165) is 0 Å². The van der Waals surface area contributed by atoms with Crippen LogP contribution in [0.1, 0.15) is 129 Å². The van der Waals surface area contributed by atoms with Crippen molar-refractivity contribution in [1.82, 2.24) is 0 Å². The van der Waals surface area contributed by atoms with Crippen molar-refractivity contribution in [3.8, 4) is 0 Å². The fourth-order valence-corrected chi connectivity index (χ4v) is 3.37. The molecule has 0 aliphatic carbocycles. The molecule has 0 spiro atoms. The Morgan fingerprint density at radius 3 is 1.04 bits per heavy atom. The van der Waals surface area contributed by atoms with Gasteiger partial charge >= 0.3 is 0 Å². The fourth-order valence-electron chi connectivity index (χ4n) is 3.37. The summed E-state index contributed by atoms with van der Waals surface area (Å²) in [4.78, 5) is 0. The first kappa shape index (κ1) is 23.5. The smallest absolute Gasteiger partial charge is 0.0351 e. The Kier molecular flexibility index (Phi) is 22.0. The van der Waals surface area contributed by atoms with Gasteiger partial charge in [-0.25, -0.2) is 0 Å². The highest BCUT2D eigenvalue weighted by molar-refractivity contribution is 4.76. The molecule has 0 unspecified atom stereocenters. The largest absolute Gasteiger partial charge is 0.103 e. The Morgan fingerprint density at radius 1 is 0.458 bits per heavy atom. The lowest BCUT2D eigenvalue weighted by atomic mass is 10.0. The minimum Gasteiger partial charge on any atom is -0.103 e. The van der Waals surface area contributed by atoms with Gasteiger partial charge in [-0.1, -0.05) is 115 Å². The molecule has 0 saturated carbocycles. The summed E-state index contributed by atoms with van der Waals surface area (Å²) in [5, 5.41) is 0. The van der Waals surface area contributed by atoms with Crippen LogP contribution in [0, 0.1) is 0 Å². The molecule has 0 heteroatoms. The van der Waals surface area contributed by atoms with E-state index in [2.05, 4.69) is 25.7 Å². The minimum absolute atomic E-state index is 1.20. The van der Waals surface area contributed by atoms with Crippen molar-refractivity contribution < 1.29 is 0 Å². The summed E-state index contributed by atoms with van der Waals surface area (Å²) >= 11 is 0. The van der Waals surface area contributed by atoms with E-state index in [-0.39, 0.29) is 0 Å². The van der Waals surface area contributed by atoms with E-state index in [1.54, 1.807) is 0 Å². The summed E-state index contributed by atoms with van der Waals surface area (Å²) in [6.45, 7) is 5.90. The quantitative estimate of drug-likeness (QED) is 0.154. The lowest BCUT2D eigenvalue weighted by Gasteiger charge is -2.03. The SMILES string of the molecule is C=CCCCCCCCCCCCCCCCCCCCC=CC. The highest BCUT2D eigenvalue weighted by Gasteiger charge is 1.94. The van der Waals surface area contributed by atoms with E-state index in [1.807, 2.05) is 6.08 Å². The van der Waals surface area contributed by atoms with Crippen LogP contribution in [0.4, 0.5) is 0 Å². The van der Waals surface area contributed by atoms with Gasteiger partial charge in [0.2, 0.25) is 0 Å². The molecular formula is C24H46. The van der Waals surface area contributed by atoms with Crippen LogP contribution in [0.25, 0.3) is 0 Å². The summed E-state index contributed by atoms with van der Waals surface area (Å²) in [6, 6.07) is 0. The van der Waals surface area contributed by atoms with E-state index >= 15 is 0 Å². The number of rotatable bonds is 20. The average molecular weight is 335 g/mol. The predicted octanol–water partition coefficient (Wildman–Crippen LogP) is 9.16. The molecular weight excluding hydrogens is 288 g/mol. The zero-order chi connectivity index (χ0) is 17.6. The van der Waals surface area contributed by atoms with Gasteiger partial charge in [0.15, 0.2) is 0 Å². The number of hydrogen-bond donors (Lipinski definition) is 0. The monoisotopic (exact) mass is 334 g/mol.